The molecule has 0 saturated heterocycles. The predicted octanol–water partition coefficient (Wildman–Crippen LogP) is 0.985. The summed E-state index contributed by atoms with van der Waals surface area (Å²) in [5, 5.41) is 3.11. The Morgan fingerprint density at radius 1 is 1.80 bits per heavy atom. The van der Waals surface area contributed by atoms with Crippen LogP contribution in [0.4, 0.5) is 0 Å². The SMILES string of the molecule is C=CN=C(NC(C)=O)SC. The molecule has 1 amide bonds. The summed E-state index contributed by atoms with van der Waals surface area (Å²) in [7, 11) is 0. The molecular formula is C6H10N2OS. The lowest BCUT2D eigenvalue weighted by atomic mass is 10.7. The summed E-state index contributed by atoms with van der Waals surface area (Å²) >= 11 is 1.37. The van der Waals surface area contributed by atoms with Crippen molar-refractivity contribution in [3.05, 3.63) is 12.8 Å². The van der Waals surface area contributed by atoms with E-state index in [9.17, 15) is 4.79 Å². The molecule has 0 saturated carbocycles. The van der Waals surface area contributed by atoms with Crippen LogP contribution < -0.4 is 5.32 Å². The Labute approximate surface area is 64.6 Å². The van der Waals surface area contributed by atoms with Crippen molar-refractivity contribution in [2.45, 2.75) is 6.92 Å². The normalized spacial score (nSPS) is 10.8. The molecule has 56 valence electrons. The first-order valence-corrected chi connectivity index (χ1v) is 3.93. The van der Waals surface area contributed by atoms with Gasteiger partial charge in [0.05, 0.1) is 0 Å². The third kappa shape index (κ3) is 4.14. The maximum absolute atomic E-state index is 10.4. The highest BCUT2D eigenvalue weighted by molar-refractivity contribution is 8.13. The van der Waals surface area contributed by atoms with E-state index in [-0.39, 0.29) is 5.91 Å². The van der Waals surface area contributed by atoms with Gasteiger partial charge in [0, 0.05) is 13.1 Å². The van der Waals surface area contributed by atoms with Crippen LogP contribution in [-0.2, 0) is 4.79 Å². The highest BCUT2D eigenvalue weighted by atomic mass is 32.2. The summed E-state index contributed by atoms with van der Waals surface area (Å²) in [4.78, 5) is 14.2. The van der Waals surface area contributed by atoms with Crippen LogP contribution in [0.15, 0.2) is 17.8 Å². The average Bonchev–Trinajstić information content (AvgIpc) is 1.86. The monoisotopic (exact) mass is 158 g/mol. The first-order valence-electron chi connectivity index (χ1n) is 2.71. The third-order valence-electron chi connectivity index (χ3n) is 0.685. The predicted molar refractivity (Wildman–Crippen MR) is 45.0 cm³/mol. The fourth-order valence-electron chi connectivity index (χ4n) is 0.370. The quantitative estimate of drug-likeness (QED) is 0.456. The largest absolute Gasteiger partial charge is 0.305 e. The Morgan fingerprint density at radius 3 is 2.70 bits per heavy atom. The van der Waals surface area contributed by atoms with Gasteiger partial charge in [-0.15, -0.1) is 0 Å². The lowest BCUT2D eigenvalue weighted by Gasteiger charge is -1.99. The molecule has 0 fully saturated rings. The second kappa shape index (κ2) is 5.05. The van der Waals surface area contributed by atoms with Crippen molar-refractivity contribution in [1.29, 1.82) is 0 Å². The lowest BCUT2D eigenvalue weighted by Crippen LogP contribution is -2.24. The Kier molecular flexibility index (Phi) is 4.66. The van der Waals surface area contributed by atoms with Gasteiger partial charge in [-0.2, -0.15) is 0 Å². The van der Waals surface area contributed by atoms with Crippen molar-refractivity contribution < 1.29 is 4.79 Å². The lowest BCUT2D eigenvalue weighted by molar-refractivity contribution is -0.117. The molecule has 1 N–H and O–H groups in total. The molecular weight excluding hydrogens is 148 g/mol. The molecule has 0 rings (SSSR count). The Balaban J connectivity index is 3.95. The second-order valence-electron chi connectivity index (χ2n) is 1.50. The number of thioether (sulfide) groups is 1. The zero-order valence-corrected chi connectivity index (χ0v) is 6.86. The maximum atomic E-state index is 10.4. The Hall–Kier alpha value is -0.770. The number of carbonyl (C=O) groups excluding carboxylic acids is 1. The fraction of sp³-hybridized carbons (Fsp3) is 0.333. The molecule has 3 nitrogen and oxygen atoms in total. The molecule has 4 heteroatoms. The van der Waals surface area contributed by atoms with Gasteiger partial charge in [-0.1, -0.05) is 18.3 Å². The summed E-state index contributed by atoms with van der Waals surface area (Å²) in [5.74, 6) is -0.116. The van der Waals surface area contributed by atoms with Crippen LogP contribution in [-0.4, -0.2) is 17.3 Å². The van der Waals surface area contributed by atoms with Crippen LogP contribution in [0.2, 0.25) is 0 Å². The number of hydrogen-bond acceptors (Lipinski definition) is 3. The van der Waals surface area contributed by atoms with E-state index in [1.165, 1.54) is 24.9 Å². The van der Waals surface area contributed by atoms with Gasteiger partial charge in [0.2, 0.25) is 5.91 Å². The van der Waals surface area contributed by atoms with Gasteiger partial charge in [-0.25, -0.2) is 4.99 Å². The van der Waals surface area contributed by atoms with E-state index in [4.69, 9.17) is 0 Å². The van der Waals surface area contributed by atoms with Gasteiger partial charge in [-0.3, -0.25) is 4.79 Å². The van der Waals surface area contributed by atoms with Crippen molar-refractivity contribution in [3.63, 3.8) is 0 Å². The van der Waals surface area contributed by atoms with Crippen molar-refractivity contribution in [2.75, 3.05) is 6.26 Å². The first-order chi connectivity index (χ1) is 4.70. The molecule has 0 aromatic carbocycles. The van der Waals surface area contributed by atoms with Crippen molar-refractivity contribution in [1.82, 2.24) is 5.32 Å². The van der Waals surface area contributed by atoms with Gasteiger partial charge < -0.3 is 5.32 Å². The number of hydrogen-bond donors (Lipinski definition) is 1. The van der Waals surface area contributed by atoms with Crippen molar-refractivity contribution in [2.24, 2.45) is 4.99 Å². The van der Waals surface area contributed by atoms with Gasteiger partial charge in [0.25, 0.3) is 0 Å². The number of aliphatic imine (C=N–C) groups is 1. The molecule has 0 aliphatic heterocycles. The molecule has 0 atom stereocenters. The number of carbonyl (C=O) groups is 1. The molecule has 0 aromatic rings. The van der Waals surface area contributed by atoms with E-state index in [1.54, 1.807) is 0 Å². The van der Waals surface area contributed by atoms with Crippen LogP contribution in [0.3, 0.4) is 0 Å². The maximum Gasteiger partial charge on any atom is 0.222 e. The summed E-state index contributed by atoms with van der Waals surface area (Å²) in [5.41, 5.74) is 0. The van der Waals surface area contributed by atoms with Crippen LogP contribution in [0, 0.1) is 0 Å². The number of nitrogens with zero attached hydrogens (tertiary/aromatic N) is 1. The van der Waals surface area contributed by atoms with E-state index in [0.29, 0.717) is 5.17 Å². The Morgan fingerprint density at radius 2 is 2.40 bits per heavy atom. The van der Waals surface area contributed by atoms with Gasteiger partial charge >= 0.3 is 0 Å². The van der Waals surface area contributed by atoms with Crippen LogP contribution >= 0.6 is 11.8 Å². The van der Waals surface area contributed by atoms with E-state index < -0.39 is 0 Å². The van der Waals surface area contributed by atoms with E-state index in [2.05, 4.69) is 16.9 Å². The first kappa shape index (κ1) is 9.23. The standard InChI is InChI=1S/C6H10N2OS/c1-4-7-6(10-3)8-5(2)9/h4H,1H2,2-3H3,(H,7,8,9). The molecule has 0 bridgehead atoms. The number of amidine groups is 1. The molecule has 10 heavy (non-hydrogen) atoms. The third-order valence-corrected chi connectivity index (χ3v) is 1.28. The average molecular weight is 158 g/mol. The molecule has 0 heterocycles. The molecule has 0 unspecified atom stereocenters. The van der Waals surface area contributed by atoms with E-state index >= 15 is 0 Å². The summed E-state index contributed by atoms with van der Waals surface area (Å²) in [6, 6.07) is 0. The molecule has 0 aromatic heterocycles. The fourth-order valence-corrected chi connectivity index (χ4v) is 0.795. The minimum absolute atomic E-state index is 0.116. The minimum Gasteiger partial charge on any atom is -0.305 e. The molecule has 0 spiro atoms. The summed E-state index contributed by atoms with van der Waals surface area (Å²) in [6.45, 7) is 4.84. The molecule has 0 aliphatic carbocycles. The Bertz CT molecular complexity index is 165. The summed E-state index contributed by atoms with van der Waals surface area (Å²) in [6.07, 6.45) is 3.22. The second-order valence-corrected chi connectivity index (χ2v) is 2.30. The highest BCUT2D eigenvalue weighted by Gasteiger charge is 1.95. The number of rotatable bonds is 1. The van der Waals surface area contributed by atoms with E-state index in [0.717, 1.165) is 0 Å². The van der Waals surface area contributed by atoms with Gasteiger partial charge in [0.15, 0.2) is 5.17 Å². The molecule has 0 aliphatic rings. The van der Waals surface area contributed by atoms with Crippen molar-refractivity contribution in [3.8, 4) is 0 Å². The molecule has 0 radical (unpaired) electrons. The van der Waals surface area contributed by atoms with Crippen LogP contribution in [0.1, 0.15) is 6.92 Å². The van der Waals surface area contributed by atoms with Gasteiger partial charge in [0.1, 0.15) is 0 Å². The van der Waals surface area contributed by atoms with Crippen LogP contribution in [0.5, 0.6) is 0 Å². The van der Waals surface area contributed by atoms with E-state index in [1.807, 2.05) is 6.26 Å². The smallest absolute Gasteiger partial charge is 0.222 e. The summed E-state index contributed by atoms with van der Waals surface area (Å²) < 4.78 is 0. The zero-order valence-electron chi connectivity index (χ0n) is 6.05. The number of amides is 1. The zero-order chi connectivity index (χ0) is 7.98. The van der Waals surface area contributed by atoms with Gasteiger partial charge in [-0.05, 0) is 6.26 Å². The highest BCUT2D eigenvalue weighted by Crippen LogP contribution is 1.94. The number of nitrogens with one attached hydrogen (secondary N) is 1. The minimum atomic E-state index is -0.116. The van der Waals surface area contributed by atoms with Crippen molar-refractivity contribution >= 4 is 22.8 Å². The van der Waals surface area contributed by atoms with Crippen LogP contribution in [0.25, 0.3) is 0 Å². The topological polar surface area (TPSA) is 41.5 Å².